The molecule has 0 saturated heterocycles. The summed E-state index contributed by atoms with van der Waals surface area (Å²) in [4.78, 5) is 33.5. The van der Waals surface area contributed by atoms with Gasteiger partial charge in [0.05, 0.1) is 26.1 Å². The summed E-state index contributed by atoms with van der Waals surface area (Å²) in [5.41, 5.74) is -2.49. The lowest BCUT2D eigenvalue weighted by Gasteiger charge is -2.21. The lowest BCUT2D eigenvalue weighted by atomic mass is 9.96. The molecule has 0 aromatic carbocycles. The number of carboxylic acids is 1. The fourth-order valence-corrected chi connectivity index (χ4v) is 1.28. The Labute approximate surface area is 111 Å². The first-order valence-corrected chi connectivity index (χ1v) is 6.12. The fraction of sp³-hybridized carbons (Fsp3) is 0.750. The minimum absolute atomic E-state index is 0.0650. The number of carboxylic acid groups (broad SMARTS) is 1. The molecule has 1 unspecified atom stereocenters. The van der Waals surface area contributed by atoms with Crippen molar-refractivity contribution in [3.05, 3.63) is 0 Å². The summed E-state index contributed by atoms with van der Waals surface area (Å²) in [6, 6.07) is 0. The number of rotatable bonds is 9. The van der Waals surface area contributed by atoms with Crippen LogP contribution in [0.25, 0.3) is 0 Å². The van der Waals surface area contributed by atoms with Crippen LogP contribution in [-0.2, 0) is 23.9 Å². The standard InChI is InChI=1S/C12H20O7/c1-3-5-6-19-10(14)8-12(17,11(15)16)7-9(13)18-4-2/h17H,3-8H2,1-2H3,(H,15,16). The second kappa shape index (κ2) is 8.47. The summed E-state index contributed by atoms with van der Waals surface area (Å²) >= 11 is 0. The molecular formula is C12H20O7. The van der Waals surface area contributed by atoms with Gasteiger partial charge in [-0.25, -0.2) is 4.79 Å². The second-order valence-corrected chi connectivity index (χ2v) is 4.07. The predicted octanol–water partition coefficient (Wildman–Crippen LogP) is 0.489. The van der Waals surface area contributed by atoms with Crippen molar-refractivity contribution >= 4 is 17.9 Å². The molecule has 110 valence electrons. The molecule has 0 fully saturated rings. The van der Waals surface area contributed by atoms with E-state index in [9.17, 15) is 19.5 Å². The molecule has 0 radical (unpaired) electrons. The molecule has 0 heterocycles. The molecule has 0 aliphatic heterocycles. The minimum Gasteiger partial charge on any atom is -0.479 e. The Hall–Kier alpha value is -1.63. The number of esters is 2. The predicted molar refractivity (Wildman–Crippen MR) is 64.3 cm³/mol. The summed E-state index contributed by atoms with van der Waals surface area (Å²) in [5.74, 6) is -3.40. The van der Waals surface area contributed by atoms with Crippen LogP contribution in [-0.4, -0.2) is 46.9 Å². The van der Waals surface area contributed by atoms with Gasteiger partial charge in [-0.2, -0.15) is 0 Å². The van der Waals surface area contributed by atoms with Gasteiger partial charge >= 0.3 is 17.9 Å². The zero-order valence-corrected chi connectivity index (χ0v) is 11.2. The minimum atomic E-state index is -2.49. The quantitative estimate of drug-likeness (QED) is 0.465. The van der Waals surface area contributed by atoms with Gasteiger partial charge in [-0.1, -0.05) is 13.3 Å². The van der Waals surface area contributed by atoms with Crippen molar-refractivity contribution in [2.45, 2.75) is 45.1 Å². The normalized spacial score (nSPS) is 13.4. The number of unbranched alkanes of at least 4 members (excludes halogenated alkanes) is 1. The van der Waals surface area contributed by atoms with E-state index in [0.717, 1.165) is 6.42 Å². The molecule has 0 aliphatic carbocycles. The van der Waals surface area contributed by atoms with E-state index in [1.165, 1.54) is 0 Å². The van der Waals surface area contributed by atoms with Crippen molar-refractivity contribution in [1.29, 1.82) is 0 Å². The molecule has 0 aromatic heterocycles. The molecule has 19 heavy (non-hydrogen) atoms. The van der Waals surface area contributed by atoms with E-state index in [4.69, 9.17) is 9.84 Å². The lowest BCUT2D eigenvalue weighted by molar-refractivity contribution is -0.173. The number of ether oxygens (including phenoxy) is 2. The smallest absolute Gasteiger partial charge is 0.336 e. The SMILES string of the molecule is CCCCOC(=O)CC(O)(CC(=O)OCC)C(=O)O. The summed E-state index contributed by atoms with van der Waals surface area (Å²) in [7, 11) is 0. The van der Waals surface area contributed by atoms with E-state index in [1.54, 1.807) is 6.92 Å². The Morgan fingerprint density at radius 2 is 1.58 bits per heavy atom. The van der Waals surface area contributed by atoms with Crippen molar-refractivity contribution in [2.24, 2.45) is 0 Å². The van der Waals surface area contributed by atoms with Gasteiger partial charge in [0.25, 0.3) is 0 Å². The maximum Gasteiger partial charge on any atom is 0.336 e. The molecule has 0 aromatic rings. The third-order valence-corrected chi connectivity index (χ3v) is 2.34. The van der Waals surface area contributed by atoms with Gasteiger partial charge in [-0.05, 0) is 13.3 Å². The molecule has 0 saturated carbocycles. The third kappa shape index (κ3) is 6.76. The fourth-order valence-electron chi connectivity index (χ4n) is 1.28. The van der Waals surface area contributed by atoms with E-state index >= 15 is 0 Å². The number of aliphatic hydroxyl groups is 1. The highest BCUT2D eigenvalue weighted by atomic mass is 16.5. The van der Waals surface area contributed by atoms with Gasteiger partial charge in [0.1, 0.15) is 0 Å². The lowest BCUT2D eigenvalue weighted by Crippen LogP contribution is -2.43. The average Bonchev–Trinajstić information content (AvgIpc) is 2.28. The molecule has 2 N–H and O–H groups in total. The number of hydrogen-bond donors (Lipinski definition) is 2. The highest BCUT2D eigenvalue weighted by Gasteiger charge is 2.41. The van der Waals surface area contributed by atoms with Gasteiger partial charge in [-0.3, -0.25) is 9.59 Å². The van der Waals surface area contributed by atoms with Crippen LogP contribution in [0.3, 0.4) is 0 Å². The number of carbonyl (C=O) groups is 3. The van der Waals surface area contributed by atoms with Crippen LogP contribution in [0.15, 0.2) is 0 Å². The molecule has 7 nitrogen and oxygen atoms in total. The van der Waals surface area contributed by atoms with Crippen LogP contribution >= 0.6 is 0 Å². The monoisotopic (exact) mass is 276 g/mol. The molecule has 0 spiro atoms. The van der Waals surface area contributed by atoms with E-state index in [-0.39, 0.29) is 13.2 Å². The van der Waals surface area contributed by atoms with Gasteiger partial charge in [-0.15, -0.1) is 0 Å². The molecule has 0 aliphatic rings. The van der Waals surface area contributed by atoms with Crippen molar-refractivity contribution < 1.29 is 34.1 Å². The average molecular weight is 276 g/mol. The number of hydrogen-bond acceptors (Lipinski definition) is 6. The summed E-state index contributed by atoms with van der Waals surface area (Å²) in [6.45, 7) is 3.68. The summed E-state index contributed by atoms with van der Waals surface area (Å²) in [5, 5.41) is 18.7. The molecule has 7 heteroatoms. The Kier molecular flexibility index (Phi) is 7.74. The first kappa shape index (κ1) is 17.4. The molecule has 0 bridgehead atoms. The zero-order valence-electron chi connectivity index (χ0n) is 11.2. The van der Waals surface area contributed by atoms with Gasteiger partial charge < -0.3 is 19.7 Å². The third-order valence-electron chi connectivity index (χ3n) is 2.34. The maximum absolute atomic E-state index is 11.4. The van der Waals surface area contributed by atoms with Crippen LogP contribution in [0.1, 0.15) is 39.5 Å². The number of aliphatic carboxylic acids is 1. The maximum atomic E-state index is 11.4. The zero-order chi connectivity index (χ0) is 14.9. The van der Waals surface area contributed by atoms with E-state index < -0.39 is 36.4 Å². The van der Waals surface area contributed by atoms with Crippen LogP contribution in [0, 0.1) is 0 Å². The van der Waals surface area contributed by atoms with Crippen molar-refractivity contribution in [3.8, 4) is 0 Å². The van der Waals surface area contributed by atoms with Crippen LogP contribution in [0.4, 0.5) is 0 Å². The van der Waals surface area contributed by atoms with Gasteiger partial charge in [0, 0.05) is 0 Å². The van der Waals surface area contributed by atoms with Crippen molar-refractivity contribution in [1.82, 2.24) is 0 Å². The largest absolute Gasteiger partial charge is 0.479 e. The molecular weight excluding hydrogens is 256 g/mol. The summed E-state index contributed by atoms with van der Waals surface area (Å²) in [6.07, 6.45) is -0.113. The van der Waals surface area contributed by atoms with Crippen LogP contribution in [0.5, 0.6) is 0 Å². The summed E-state index contributed by atoms with van der Waals surface area (Å²) < 4.78 is 9.31. The topological polar surface area (TPSA) is 110 Å². The van der Waals surface area contributed by atoms with Crippen LogP contribution < -0.4 is 0 Å². The van der Waals surface area contributed by atoms with E-state index in [2.05, 4.69) is 4.74 Å². The Bertz CT molecular complexity index is 326. The van der Waals surface area contributed by atoms with Crippen molar-refractivity contribution in [3.63, 3.8) is 0 Å². The number of carbonyl (C=O) groups excluding carboxylic acids is 2. The van der Waals surface area contributed by atoms with Crippen LogP contribution in [0.2, 0.25) is 0 Å². The van der Waals surface area contributed by atoms with E-state index in [0.29, 0.717) is 6.42 Å². The molecule has 0 rings (SSSR count). The van der Waals surface area contributed by atoms with E-state index in [1.807, 2.05) is 6.92 Å². The molecule has 0 amide bonds. The second-order valence-electron chi connectivity index (χ2n) is 4.07. The van der Waals surface area contributed by atoms with Gasteiger partial charge in [0.2, 0.25) is 0 Å². The highest BCUT2D eigenvalue weighted by Crippen LogP contribution is 2.18. The van der Waals surface area contributed by atoms with Crippen molar-refractivity contribution in [2.75, 3.05) is 13.2 Å². The Balaban J connectivity index is 4.49. The first-order chi connectivity index (χ1) is 8.85. The van der Waals surface area contributed by atoms with Gasteiger partial charge in [0.15, 0.2) is 5.60 Å². The first-order valence-electron chi connectivity index (χ1n) is 6.12. The highest BCUT2D eigenvalue weighted by molar-refractivity contribution is 5.88. The Morgan fingerprint density at radius 3 is 2.00 bits per heavy atom. The Morgan fingerprint density at radius 1 is 1.05 bits per heavy atom. The molecule has 1 atom stereocenters.